The van der Waals surface area contributed by atoms with E-state index in [0.717, 1.165) is 26.2 Å². The van der Waals surface area contributed by atoms with Crippen molar-refractivity contribution in [2.45, 2.75) is 39.7 Å². The van der Waals surface area contributed by atoms with Gasteiger partial charge in [0.1, 0.15) is 0 Å². The van der Waals surface area contributed by atoms with Crippen LogP contribution >= 0.6 is 0 Å². The topological polar surface area (TPSA) is 28.2 Å². The molecule has 3 nitrogen and oxygen atoms in total. The number of nitrogens with one attached hydrogen (secondary N) is 1. The molecule has 0 bridgehead atoms. The number of hydrogen-bond donors (Lipinski definition) is 1. The summed E-state index contributed by atoms with van der Waals surface area (Å²) in [5.74, 6) is 0. The van der Waals surface area contributed by atoms with Crippen LogP contribution in [0.1, 0.15) is 38.7 Å². The lowest BCUT2D eigenvalue weighted by Gasteiger charge is -2.20. The zero-order chi connectivity index (χ0) is 13.1. The maximum atomic E-state index is 4.06. The third-order valence-corrected chi connectivity index (χ3v) is 3.11. The van der Waals surface area contributed by atoms with Crippen LogP contribution in [0.2, 0.25) is 0 Å². The largest absolute Gasteiger partial charge is 0.317 e. The van der Waals surface area contributed by atoms with Crippen LogP contribution in [0.25, 0.3) is 0 Å². The lowest BCUT2D eigenvalue weighted by Crippen LogP contribution is -2.25. The van der Waals surface area contributed by atoms with Crippen molar-refractivity contribution >= 4 is 0 Å². The predicted molar refractivity (Wildman–Crippen MR) is 77.6 cm³/mol. The summed E-state index contributed by atoms with van der Waals surface area (Å²) in [7, 11) is 0. The molecule has 0 saturated carbocycles. The summed E-state index contributed by atoms with van der Waals surface area (Å²) in [4.78, 5) is 6.55. The highest BCUT2D eigenvalue weighted by atomic mass is 15.1. The second-order valence-electron chi connectivity index (χ2n) is 4.68. The van der Waals surface area contributed by atoms with E-state index in [4.69, 9.17) is 0 Å². The van der Waals surface area contributed by atoms with Gasteiger partial charge in [-0.2, -0.15) is 0 Å². The fourth-order valence-corrected chi connectivity index (χ4v) is 1.98. The average Bonchev–Trinajstić information content (AvgIpc) is 2.42. The highest BCUT2D eigenvalue weighted by molar-refractivity contribution is 5.09. The average molecular weight is 249 g/mol. The summed E-state index contributed by atoms with van der Waals surface area (Å²) in [6.07, 6.45) is 7.52. The summed E-state index contributed by atoms with van der Waals surface area (Å²) < 4.78 is 0. The second-order valence-corrected chi connectivity index (χ2v) is 4.68. The van der Waals surface area contributed by atoms with E-state index in [0.29, 0.717) is 0 Å². The van der Waals surface area contributed by atoms with Gasteiger partial charge in [-0.1, -0.05) is 13.8 Å². The van der Waals surface area contributed by atoms with E-state index in [-0.39, 0.29) is 0 Å². The molecule has 0 atom stereocenters. The first-order valence-corrected chi connectivity index (χ1v) is 7.18. The lowest BCUT2D eigenvalue weighted by atomic mass is 10.2. The molecule has 0 saturated heterocycles. The van der Waals surface area contributed by atoms with Crippen LogP contribution < -0.4 is 5.32 Å². The molecule has 0 aliphatic rings. The third-order valence-electron chi connectivity index (χ3n) is 3.11. The van der Waals surface area contributed by atoms with Gasteiger partial charge in [0.2, 0.25) is 0 Å². The Balaban J connectivity index is 2.14. The molecule has 1 heterocycles. The van der Waals surface area contributed by atoms with Crippen LogP contribution in [0, 0.1) is 0 Å². The molecule has 0 aliphatic heterocycles. The van der Waals surface area contributed by atoms with Gasteiger partial charge < -0.3 is 5.32 Å². The minimum absolute atomic E-state index is 1.04. The van der Waals surface area contributed by atoms with Crippen molar-refractivity contribution in [1.82, 2.24) is 15.2 Å². The first kappa shape index (κ1) is 15.1. The Morgan fingerprint density at radius 2 is 1.89 bits per heavy atom. The fraction of sp³-hybridized carbons (Fsp3) is 0.667. The number of hydrogen-bond acceptors (Lipinski definition) is 3. The van der Waals surface area contributed by atoms with Crippen LogP contribution in [-0.2, 0) is 6.54 Å². The predicted octanol–water partition coefficient (Wildman–Crippen LogP) is 2.68. The van der Waals surface area contributed by atoms with Gasteiger partial charge in [0.05, 0.1) is 0 Å². The van der Waals surface area contributed by atoms with Crippen molar-refractivity contribution in [2.75, 3.05) is 26.2 Å². The monoisotopic (exact) mass is 249 g/mol. The van der Waals surface area contributed by atoms with Gasteiger partial charge in [-0.15, -0.1) is 0 Å². The molecule has 0 fully saturated rings. The molecule has 0 unspecified atom stereocenters. The van der Waals surface area contributed by atoms with E-state index in [1.807, 2.05) is 12.4 Å². The minimum atomic E-state index is 1.04. The standard InChI is InChI=1S/C15H27N3/c1-3-9-16-10-5-6-13-18(4-2)14-15-7-11-17-12-8-15/h7-8,11-12,16H,3-6,9-10,13-14H2,1-2H3. The Labute approximate surface area is 112 Å². The number of aromatic nitrogens is 1. The van der Waals surface area contributed by atoms with Gasteiger partial charge >= 0.3 is 0 Å². The fourth-order valence-electron chi connectivity index (χ4n) is 1.98. The molecule has 1 rings (SSSR count). The van der Waals surface area contributed by atoms with Gasteiger partial charge in [-0.25, -0.2) is 0 Å². The SMILES string of the molecule is CCCNCCCCN(CC)Cc1ccncc1. The normalized spacial score (nSPS) is 11.1. The summed E-state index contributed by atoms with van der Waals surface area (Å²) >= 11 is 0. The molecule has 18 heavy (non-hydrogen) atoms. The molecule has 3 heteroatoms. The third kappa shape index (κ3) is 6.72. The van der Waals surface area contributed by atoms with Gasteiger partial charge in [-0.05, 0) is 63.1 Å². The van der Waals surface area contributed by atoms with Crippen molar-refractivity contribution in [3.8, 4) is 0 Å². The van der Waals surface area contributed by atoms with Crippen molar-refractivity contribution < 1.29 is 0 Å². The van der Waals surface area contributed by atoms with Crippen molar-refractivity contribution in [2.24, 2.45) is 0 Å². The molecule has 1 aromatic heterocycles. The molecule has 0 amide bonds. The van der Waals surface area contributed by atoms with E-state index >= 15 is 0 Å². The van der Waals surface area contributed by atoms with Gasteiger partial charge in [0, 0.05) is 18.9 Å². The maximum Gasteiger partial charge on any atom is 0.0271 e. The lowest BCUT2D eigenvalue weighted by molar-refractivity contribution is 0.273. The summed E-state index contributed by atoms with van der Waals surface area (Å²) in [6.45, 7) is 10.1. The van der Waals surface area contributed by atoms with E-state index in [1.54, 1.807) is 0 Å². The van der Waals surface area contributed by atoms with E-state index in [1.165, 1.54) is 31.4 Å². The Hall–Kier alpha value is -0.930. The first-order chi connectivity index (χ1) is 8.86. The maximum absolute atomic E-state index is 4.06. The highest BCUT2D eigenvalue weighted by Crippen LogP contribution is 2.04. The molecule has 1 aromatic rings. The van der Waals surface area contributed by atoms with Crippen molar-refractivity contribution in [3.05, 3.63) is 30.1 Å². The van der Waals surface area contributed by atoms with E-state index in [2.05, 4.69) is 41.2 Å². The molecule has 0 aliphatic carbocycles. The molecular weight excluding hydrogens is 222 g/mol. The van der Waals surface area contributed by atoms with E-state index in [9.17, 15) is 0 Å². The number of unbranched alkanes of at least 4 members (excludes halogenated alkanes) is 1. The van der Waals surface area contributed by atoms with Gasteiger partial charge in [-0.3, -0.25) is 9.88 Å². The Morgan fingerprint density at radius 1 is 1.11 bits per heavy atom. The number of pyridine rings is 1. The summed E-state index contributed by atoms with van der Waals surface area (Å²) in [5.41, 5.74) is 1.36. The van der Waals surface area contributed by atoms with Gasteiger partial charge in [0.25, 0.3) is 0 Å². The van der Waals surface area contributed by atoms with Crippen LogP contribution in [0.3, 0.4) is 0 Å². The Morgan fingerprint density at radius 3 is 2.56 bits per heavy atom. The van der Waals surface area contributed by atoms with Crippen LogP contribution in [0.4, 0.5) is 0 Å². The number of nitrogens with zero attached hydrogens (tertiary/aromatic N) is 2. The second kappa shape index (κ2) is 10.0. The summed E-state index contributed by atoms with van der Waals surface area (Å²) in [6, 6.07) is 4.21. The smallest absolute Gasteiger partial charge is 0.0271 e. The Kier molecular flexibility index (Phi) is 8.43. The summed E-state index contributed by atoms with van der Waals surface area (Å²) in [5, 5.41) is 3.45. The van der Waals surface area contributed by atoms with Crippen molar-refractivity contribution in [1.29, 1.82) is 0 Å². The zero-order valence-electron chi connectivity index (χ0n) is 11.9. The first-order valence-electron chi connectivity index (χ1n) is 7.18. The highest BCUT2D eigenvalue weighted by Gasteiger charge is 2.02. The van der Waals surface area contributed by atoms with Crippen molar-refractivity contribution in [3.63, 3.8) is 0 Å². The molecule has 0 aromatic carbocycles. The minimum Gasteiger partial charge on any atom is -0.317 e. The van der Waals surface area contributed by atoms with Crippen LogP contribution in [0.15, 0.2) is 24.5 Å². The molecule has 102 valence electrons. The van der Waals surface area contributed by atoms with E-state index < -0.39 is 0 Å². The molecule has 0 radical (unpaired) electrons. The van der Waals surface area contributed by atoms with Crippen LogP contribution in [-0.4, -0.2) is 36.1 Å². The quantitative estimate of drug-likeness (QED) is 0.646. The van der Waals surface area contributed by atoms with Gasteiger partial charge in [0.15, 0.2) is 0 Å². The zero-order valence-corrected chi connectivity index (χ0v) is 11.9. The Bertz CT molecular complexity index is 287. The van der Waals surface area contributed by atoms with Crippen LogP contribution in [0.5, 0.6) is 0 Å². The number of rotatable bonds is 10. The molecule has 0 spiro atoms. The molecule has 1 N–H and O–H groups in total. The molecular formula is C15H27N3.